The molecule has 1 aliphatic rings. The zero-order valence-electron chi connectivity index (χ0n) is 20.1. The fourth-order valence-corrected chi connectivity index (χ4v) is 5.85. The van der Waals surface area contributed by atoms with Gasteiger partial charge in [-0.1, -0.05) is 36.4 Å². The van der Waals surface area contributed by atoms with Crippen molar-refractivity contribution in [3.63, 3.8) is 0 Å². The van der Waals surface area contributed by atoms with Crippen LogP contribution in [0.2, 0.25) is 0 Å². The number of amides is 1. The Morgan fingerprint density at radius 3 is 2.54 bits per heavy atom. The van der Waals surface area contributed by atoms with Gasteiger partial charge in [0.2, 0.25) is 0 Å². The van der Waals surface area contributed by atoms with E-state index < -0.39 is 0 Å². The van der Waals surface area contributed by atoms with E-state index in [-0.39, 0.29) is 11.9 Å². The smallest absolute Gasteiger partial charge is 0.291 e. The summed E-state index contributed by atoms with van der Waals surface area (Å²) in [5, 5.41) is 4.01. The monoisotopic (exact) mass is 486 g/mol. The third-order valence-corrected chi connectivity index (χ3v) is 7.84. The molecule has 7 heteroatoms. The number of thiophene rings is 1. The van der Waals surface area contributed by atoms with Gasteiger partial charge in [0, 0.05) is 55.6 Å². The highest BCUT2D eigenvalue weighted by molar-refractivity contribution is 7.16. The summed E-state index contributed by atoms with van der Waals surface area (Å²) in [5.74, 6) is 0.0854. The third-order valence-electron chi connectivity index (χ3n) is 6.70. The van der Waals surface area contributed by atoms with Gasteiger partial charge in [0.25, 0.3) is 5.91 Å². The van der Waals surface area contributed by atoms with Gasteiger partial charge in [-0.3, -0.25) is 19.6 Å². The third kappa shape index (κ3) is 5.22. The van der Waals surface area contributed by atoms with E-state index in [0.29, 0.717) is 5.76 Å². The highest BCUT2D eigenvalue weighted by atomic mass is 32.1. The fraction of sp³-hybridized carbons (Fsp3) is 0.286. The average molecular weight is 487 g/mol. The van der Waals surface area contributed by atoms with Gasteiger partial charge in [0.15, 0.2) is 5.76 Å². The first-order valence-corrected chi connectivity index (χ1v) is 12.8. The van der Waals surface area contributed by atoms with Crippen LogP contribution < -0.4 is 5.32 Å². The van der Waals surface area contributed by atoms with Crippen molar-refractivity contribution in [2.75, 3.05) is 31.5 Å². The average Bonchev–Trinajstić information content (AvgIpc) is 3.52. The van der Waals surface area contributed by atoms with Gasteiger partial charge in [-0.15, -0.1) is 11.3 Å². The van der Waals surface area contributed by atoms with Gasteiger partial charge in [0.05, 0.1) is 12.3 Å². The molecule has 35 heavy (non-hydrogen) atoms. The molecule has 1 fully saturated rings. The molecule has 3 aromatic heterocycles. The van der Waals surface area contributed by atoms with Crippen molar-refractivity contribution in [1.82, 2.24) is 14.8 Å². The van der Waals surface area contributed by atoms with E-state index in [1.807, 2.05) is 18.5 Å². The summed E-state index contributed by atoms with van der Waals surface area (Å²) in [5.41, 5.74) is 4.85. The standard InChI is InChI=1S/C28H30N4O2S/c1-20-21(2)35-28(30-27(33)24-11-7-17-34-24)25(20)26(23-10-6-12-29-18-23)32-15-13-31(14-16-32)19-22-8-4-3-5-9-22/h3-12,17-18,26H,13-16,19H2,1-2H3,(H,30,33). The minimum Gasteiger partial charge on any atom is -0.459 e. The van der Waals surface area contributed by atoms with Crippen LogP contribution in [0.25, 0.3) is 0 Å². The minimum absolute atomic E-state index is 0.0134. The molecule has 5 rings (SSSR count). The molecule has 0 saturated carbocycles. The Bertz CT molecular complexity index is 1250. The van der Waals surface area contributed by atoms with E-state index in [9.17, 15) is 4.79 Å². The highest BCUT2D eigenvalue weighted by Gasteiger charge is 2.32. The molecule has 1 aliphatic heterocycles. The predicted octanol–water partition coefficient (Wildman–Crippen LogP) is 5.51. The number of hydrogen-bond acceptors (Lipinski definition) is 6. The molecule has 1 atom stereocenters. The molecule has 1 aromatic carbocycles. The maximum atomic E-state index is 12.9. The minimum atomic E-state index is -0.227. The number of carbonyl (C=O) groups is 1. The number of piperazine rings is 1. The van der Waals surface area contributed by atoms with Crippen LogP contribution in [-0.2, 0) is 6.54 Å². The van der Waals surface area contributed by atoms with Crippen LogP contribution in [0.4, 0.5) is 5.00 Å². The van der Waals surface area contributed by atoms with Crippen LogP contribution in [0.1, 0.15) is 43.7 Å². The molecule has 1 unspecified atom stereocenters. The first-order valence-electron chi connectivity index (χ1n) is 11.9. The summed E-state index contributed by atoms with van der Waals surface area (Å²) in [6, 6.07) is 18.2. The molecule has 1 N–H and O–H groups in total. The van der Waals surface area contributed by atoms with Crippen molar-refractivity contribution < 1.29 is 9.21 Å². The second-order valence-corrected chi connectivity index (χ2v) is 10.2. The van der Waals surface area contributed by atoms with Gasteiger partial charge in [-0.2, -0.15) is 0 Å². The Hall–Kier alpha value is -3.26. The summed E-state index contributed by atoms with van der Waals surface area (Å²) in [4.78, 5) is 23.5. The van der Waals surface area contributed by atoms with E-state index in [4.69, 9.17) is 4.42 Å². The molecule has 180 valence electrons. The highest BCUT2D eigenvalue weighted by Crippen LogP contribution is 2.42. The van der Waals surface area contributed by atoms with Gasteiger partial charge >= 0.3 is 0 Å². The number of furan rings is 1. The predicted molar refractivity (Wildman–Crippen MR) is 140 cm³/mol. The quantitative estimate of drug-likeness (QED) is 0.373. The van der Waals surface area contributed by atoms with Crippen LogP contribution in [0.3, 0.4) is 0 Å². The van der Waals surface area contributed by atoms with Gasteiger partial charge in [-0.25, -0.2) is 0 Å². The SMILES string of the molecule is Cc1sc(NC(=O)c2ccco2)c(C(c2cccnc2)N2CCN(Cc3ccccc3)CC2)c1C. The molecule has 4 heterocycles. The van der Waals surface area contributed by atoms with Crippen LogP contribution in [0, 0.1) is 13.8 Å². The Morgan fingerprint density at radius 2 is 1.86 bits per heavy atom. The van der Waals surface area contributed by atoms with E-state index in [1.54, 1.807) is 23.5 Å². The molecule has 0 radical (unpaired) electrons. The van der Waals surface area contributed by atoms with Crippen molar-refractivity contribution in [3.05, 3.63) is 106 Å². The Morgan fingerprint density at radius 1 is 1.06 bits per heavy atom. The van der Waals surface area contributed by atoms with Crippen molar-refractivity contribution in [3.8, 4) is 0 Å². The largest absolute Gasteiger partial charge is 0.459 e. The molecule has 0 bridgehead atoms. The molecule has 0 spiro atoms. The lowest BCUT2D eigenvalue weighted by Gasteiger charge is -2.40. The number of aryl methyl sites for hydroxylation is 1. The maximum absolute atomic E-state index is 12.9. The number of anilines is 1. The topological polar surface area (TPSA) is 61.6 Å². The first-order chi connectivity index (χ1) is 17.1. The number of nitrogens with zero attached hydrogens (tertiary/aromatic N) is 3. The summed E-state index contributed by atoms with van der Waals surface area (Å²) >= 11 is 1.62. The fourth-order valence-electron chi connectivity index (χ4n) is 4.76. The first kappa shape index (κ1) is 23.5. The van der Waals surface area contributed by atoms with Crippen molar-refractivity contribution >= 4 is 22.2 Å². The number of hydrogen-bond donors (Lipinski definition) is 1. The van der Waals surface area contributed by atoms with Crippen LogP contribution in [-0.4, -0.2) is 46.9 Å². The molecule has 4 aromatic rings. The van der Waals surface area contributed by atoms with Crippen molar-refractivity contribution in [2.45, 2.75) is 26.4 Å². The number of pyridine rings is 1. The zero-order chi connectivity index (χ0) is 24.2. The van der Waals surface area contributed by atoms with Crippen molar-refractivity contribution in [2.24, 2.45) is 0 Å². The lowest BCUT2D eigenvalue weighted by Crippen LogP contribution is -2.47. The van der Waals surface area contributed by atoms with Gasteiger partial charge in [-0.05, 0) is 48.7 Å². The van der Waals surface area contributed by atoms with Gasteiger partial charge in [0.1, 0.15) is 5.00 Å². The number of nitrogens with one attached hydrogen (secondary N) is 1. The summed E-state index contributed by atoms with van der Waals surface area (Å²) in [7, 11) is 0. The Balaban J connectivity index is 1.42. The normalized spacial score (nSPS) is 15.7. The number of aromatic nitrogens is 1. The van der Waals surface area contributed by atoms with Crippen LogP contribution in [0.5, 0.6) is 0 Å². The van der Waals surface area contributed by atoms with E-state index in [1.165, 1.54) is 22.3 Å². The summed E-state index contributed by atoms with van der Waals surface area (Å²) in [6.07, 6.45) is 5.28. The number of rotatable bonds is 7. The molecule has 1 saturated heterocycles. The zero-order valence-corrected chi connectivity index (χ0v) is 20.9. The molecule has 6 nitrogen and oxygen atoms in total. The lowest BCUT2D eigenvalue weighted by molar-refractivity contribution is 0.0994. The molecule has 0 aliphatic carbocycles. The Kier molecular flexibility index (Phi) is 7.08. The number of carbonyl (C=O) groups excluding carboxylic acids is 1. The summed E-state index contributed by atoms with van der Waals surface area (Å²) in [6.45, 7) is 9.08. The van der Waals surface area contributed by atoms with Gasteiger partial charge < -0.3 is 9.73 Å². The Labute approximate surface area is 210 Å². The lowest BCUT2D eigenvalue weighted by atomic mass is 9.95. The van der Waals surface area contributed by atoms with Crippen LogP contribution in [0.15, 0.2) is 77.7 Å². The van der Waals surface area contributed by atoms with E-state index >= 15 is 0 Å². The van der Waals surface area contributed by atoms with Crippen LogP contribution >= 0.6 is 11.3 Å². The molecular formula is C28H30N4O2S. The second-order valence-electron chi connectivity index (χ2n) is 8.94. The maximum Gasteiger partial charge on any atom is 0.291 e. The molecular weight excluding hydrogens is 456 g/mol. The summed E-state index contributed by atoms with van der Waals surface area (Å²) < 4.78 is 5.33. The molecule has 1 amide bonds. The van der Waals surface area contributed by atoms with Crippen molar-refractivity contribution in [1.29, 1.82) is 0 Å². The second kappa shape index (κ2) is 10.6. The number of benzene rings is 1. The van der Waals surface area contributed by atoms with E-state index in [2.05, 4.69) is 70.3 Å². The van der Waals surface area contributed by atoms with E-state index in [0.717, 1.165) is 48.9 Å².